The van der Waals surface area contributed by atoms with Gasteiger partial charge in [0.05, 0.1) is 12.2 Å². The van der Waals surface area contributed by atoms with Crippen LogP contribution in [0.25, 0.3) is 0 Å². The third-order valence-electron chi connectivity index (χ3n) is 15.2. The van der Waals surface area contributed by atoms with Crippen LogP contribution in [0.3, 0.4) is 0 Å². The highest BCUT2D eigenvalue weighted by atomic mass is 16.5. The van der Waals surface area contributed by atoms with E-state index in [0.717, 1.165) is 13.2 Å². The van der Waals surface area contributed by atoms with Crippen LogP contribution in [0.2, 0.25) is 0 Å². The molecule has 60 heavy (non-hydrogen) atoms. The Balaban J connectivity index is 1.27. The first kappa shape index (κ1) is 56.0. The Bertz CT molecular complexity index is 751. The standard InChI is InChI=1S/C57H113NO2/c1-3-5-7-9-11-13-15-17-19-21-23-25-27-29-31-33-35-37-39-41-51-59-55-47-43-53(44-48-55)57(58)54-45-49-56(50-46-54)60-52-42-40-38-36-34-32-30-28-26-24-22-20-18-16-14-12-10-8-6-4-2/h53-57H,3-52,58H2,1-2H3. The van der Waals surface area contributed by atoms with Crippen LogP contribution in [0.5, 0.6) is 0 Å². The second-order valence-corrected chi connectivity index (χ2v) is 20.8. The van der Waals surface area contributed by atoms with Crippen LogP contribution in [-0.2, 0) is 9.47 Å². The minimum atomic E-state index is 0.390. The molecule has 2 aliphatic rings. The predicted molar refractivity (Wildman–Crippen MR) is 267 cm³/mol. The highest BCUT2D eigenvalue weighted by Crippen LogP contribution is 2.36. The molecule has 0 spiro atoms. The smallest absolute Gasteiger partial charge is 0.0575 e. The zero-order valence-electron chi connectivity index (χ0n) is 41.6. The van der Waals surface area contributed by atoms with Crippen LogP contribution >= 0.6 is 0 Å². The lowest BCUT2D eigenvalue weighted by Gasteiger charge is -2.38. The van der Waals surface area contributed by atoms with Gasteiger partial charge in [-0.05, 0) is 76.0 Å². The SMILES string of the molecule is CCCCCCCCCCCCCCCCCCCCCCOC1CCC(C(N)C2CCC(OCCCCCCCCCCCCCCCCCCCCCC)CC2)CC1. The quantitative estimate of drug-likeness (QED) is 0.0621. The van der Waals surface area contributed by atoms with E-state index in [0.29, 0.717) is 30.1 Å². The Morgan fingerprint density at radius 2 is 0.467 bits per heavy atom. The molecule has 3 heteroatoms. The van der Waals surface area contributed by atoms with Crippen molar-refractivity contribution in [3.8, 4) is 0 Å². The van der Waals surface area contributed by atoms with Gasteiger partial charge in [-0.2, -0.15) is 0 Å². The van der Waals surface area contributed by atoms with E-state index in [9.17, 15) is 0 Å². The van der Waals surface area contributed by atoms with Crippen LogP contribution in [-0.4, -0.2) is 31.5 Å². The summed E-state index contributed by atoms with van der Waals surface area (Å²) in [5, 5.41) is 0. The average Bonchev–Trinajstić information content (AvgIpc) is 3.27. The molecular weight excluding hydrogens is 731 g/mol. The first-order valence-electron chi connectivity index (χ1n) is 28.7. The summed E-state index contributed by atoms with van der Waals surface area (Å²) in [5.74, 6) is 1.42. The molecule has 2 N–H and O–H groups in total. The van der Waals surface area contributed by atoms with Crippen molar-refractivity contribution in [3.63, 3.8) is 0 Å². The van der Waals surface area contributed by atoms with Gasteiger partial charge in [0.1, 0.15) is 0 Å². The van der Waals surface area contributed by atoms with Gasteiger partial charge in [0, 0.05) is 19.3 Å². The van der Waals surface area contributed by atoms with Crippen molar-refractivity contribution in [3.05, 3.63) is 0 Å². The topological polar surface area (TPSA) is 44.5 Å². The van der Waals surface area contributed by atoms with E-state index in [2.05, 4.69) is 13.8 Å². The van der Waals surface area contributed by atoms with E-state index in [1.807, 2.05) is 0 Å². The monoisotopic (exact) mass is 844 g/mol. The Labute approximate surface area is 379 Å². The number of ether oxygens (including phenoxy) is 2. The van der Waals surface area contributed by atoms with E-state index in [-0.39, 0.29) is 0 Å². The van der Waals surface area contributed by atoms with Gasteiger partial charge in [-0.1, -0.05) is 258 Å². The molecule has 0 aromatic carbocycles. The molecule has 0 atom stereocenters. The van der Waals surface area contributed by atoms with E-state index in [4.69, 9.17) is 15.2 Å². The molecule has 0 unspecified atom stereocenters. The summed E-state index contributed by atoms with van der Waals surface area (Å²) in [6.07, 6.45) is 68.6. The molecule has 0 aromatic heterocycles. The van der Waals surface area contributed by atoms with Crippen molar-refractivity contribution in [1.82, 2.24) is 0 Å². The van der Waals surface area contributed by atoms with Gasteiger partial charge in [-0.3, -0.25) is 0 Å². The lowest BCUT2D eigenvalue weighted by Crippen LogP contribution is -2.42. The van der Waals surface area contributed by atoms with Crippen molar-refractivity contribution in [2.75, 3.05) is 13.2 Å². The predicted octanol–water partition coefficient (Wildman–Crippen LogP) is 19.1. The van der Waals surface area contributed by atoms with Crippen LogP contribution < -0.4 is 5.73 Å². The highest BCUT2D eigenvalue weighted by Gasteiger charge is 2.33. The molecule has 2 saturated carbocycles. The maximum absolute atomic E-state index is 6.95. The van der Waals surface area contributed by atoms with Gasteiger partial charge in [0.15, 0.2) is 0 Å². The molecule has 358 valence electrons. The molecular formula is C57H113NO2. The number of hydrogen-bond donors (Lipinski definition) is 1. The van der Waals surface area contributed by atoms with Gasteiger partial charge in [-0.15, -0.1) is 0 Å². The Morgan fingerprint density at radius 1 is 0.283 bits per heavy atom. The number of hydrogen-bond acceptors (Lipinski definition) is 3. The number of rotatable bonds is 46. The molecule has 0 saturated heterocycles. The highest BCUT2D eigenvalue weighted by molar-refractivity contribution is 4.87. The van der Waals surface area contributed by atoms with Crippen LogP contribution in [0.15, 0.2) is 0 Å². The fourth-order valence-electron chi connectivity index (χ4n) is 10.9. The summed E-state index contributed by atoms with van der Waals surface area (Å²) in [5.41, 5.74) is 6.95. The third-order valence-corrected chi connectivity index (χ3v) is 15.2. The second kappa shape index (κ2) is 44.1. The maximum Gasteiger partial charge on any atom is 0.0575 e. The minimum absolute atomic E-state index is 0.390. The molecule has 2 fully saturated rings. The van der Waals surface area contributed by atoms with E-state index in [1.165, 1.54) is 308 Å². The second-order valence-electron chi connectivity index (χ2n) is 20.8. The van der Waals surface area contributed by atoms with E-state index >= 15 is 0 Å². The van der Waals surface area contributed by atoms with Crippen LogP contribution in [0.1, 0.15) is 322 Å². The van der Waals surface area contributed by atoms with E-state index < -0.39 is 0 Å². The van der Waals surface area contributed by atoms with Gasteiger partial charge >= 0.3 is 0 Å². The number of nitrogens with two attached hydrogens (primary N) is 1. The molecule has 0 heterocycles. The molecule has 2 rings (SSSR count). The lowest BCUT2D eigenvalue weighted by atomic mass is 9.73. The summed E-state index contributed by atoms with van der Waals surface area (Å²) in [6, 6.07) is 0.390. The van der Waals surface area contributed by atoms with Gasteiger partial charge in [-0.25, -0.2) is 0 Å². The maximum atomic E-state index is 6.95. The normalized spacial score (nSPS) is 20.2. The zero-order chi connectivity index (χ0) is 42.7. The summed E-state index contributed by atoms with van der Waals surface area (Å²) in [6.45, 7) is 6.57. The third kappa shape index (κ3) is 34.3. The fraction of sp³-hybridized carbons (Fsp3) is 1.00. The summed E-state index contributed by atoms with van der Waals surface area (Å²) >= 11 is 0. The van der Waals surface area contributed by atoms with Crippen molar-refractivity contribution in [2.45, 2.75) is 340 Å². The first-order chi connectivity index (χ1) is 29.7. The first-order valence-corrected chi connectivity index (χ1v) is 28.7. The van der Waals surface area contributed by atoms with Crippen molar-refractivity contribution in [2.24, 2.45) is 17.6 Å². The van der Waals surface area contributed by atoms with Crippen molar-refractivity contribution < 1.29 is 9.47 Å². The van der Waals surface area contributed by atoms with Crippen LogP contribution in [0.4, 0.5) is 0 Å². The molecule has 0 aliphatic heterocycles. The molecule has 3 nitrogen and oxygen atoms in total. The Hall–Kier alpha value is -0.120. The summed E-state index contributed by atoms with van der Waals surface area (Å²) in [7, 11) is 0. The van der Waals surface area contributed by atoms with Crippen LogP contribution in [0, 0.1) is 11.8 Å². The Kier molecular flexibility index (Phi) is 41.2. The average molecular weight is 845 g/mol. The zero-order valence-corrected chi connectivity index (χ0v) is 41.6. The molecule has 0 radical (unpaired) electrons. The van der Waals surface area contributed by atoms with Crippen molar-refractivity contribution in [1.29, 1.82) is 0 Å². The van der Waals surface area contributed by atoms with E-state index in [1.54, 1.807) is 0 Å². The fourth-order valence-corrected chi connectivity index (χ4v) is 10.9. The minimum Gasteiger partial charge on any atom is -0.378 e. The van der Waals surface area contributed by atoms with Gasteiger partial charge < -0.3 is 15.2 Å². The summed E-state index contributed by atoms with van der Waals surface area (Å²) < 4.78 is 12.7. The van der Waals surface area contributed by atoms with Gasteiger partial charge in [0.25, 0.3) is 0 Å². The molecule has 0 bridgehead atoms. The molecule has 0 aromatic rings. The van der Waals surface area contributed by atoms with Crippen molar-refractivity contribution >= 4 is 0 Å². The number of unbranched alkanes of at least 4 members (excludes halogenated alkanes) is 38. The summed E-state index contributed by atoms with van der Waals surface area (Å²) in [4.78, 5) is 0. The lowest BCUT2D eigenvalue weighted by molar-refractivity contribution is -0.00162. The largest absolute Gasteiger partial charge is 0.378 e. The molecule has 2 aliphatic carbocycles. The molecule has 0 amide bonds. The Morgan fingerprint density at radius 3 is 0.667 bits per heavy atom. The van der Waals surface area contributed by atoms with Gasteiger partial charge in [0.2, 0.25) is 0 Å².